The van der Waals surface area contributed by atoms with Crippen LogP contribution in [0.4, 0.5) is 0 Å². The predicted molar refractivity (Wildman–Crippen MR) is 57.2 cm³/mol. The fourth-order valence-corrected chi connectivity index (χ4v) is 1.55. The first-order chi connectivity index (χ1) is 6.81. The van der Waals surface area contributed by atoms with Crippen LogP contribution in [0.25, 0.3) is 0 Å². The van der Waals surface area contributed by atoms with Gasteiger partial charge in [0.15, 0.2) is 0 Å². The van der Waals surface area contributed by atoms with Crippen LogP contribution in [0.1, 0.15) is 13.3 Å². The average molecular weight is 238 g/mol. The zero-order valence-corrected chi connectivity index (χ0v) is 9.88. The van der Waals surface area contributed by atoms with Gasteiger partial charge in [-0.25, -0.2) is 0 Å². The molecule has 15 heavy (non-hydrogen) atoms. The van der Waals surface area contributed by atoms with Crippen LogP contribution in [0, 0.1) is 0 Å². The zero-order chi connectivity index (χ0) is 11.9. The monoisotopic (exact) mass is 238 g/mol. The van der Waals surface area contributed by atoms with Crippen LogP contribution in [0.5, 0.6) is 0 Å². The molecule has 0 aromatic rings. The van der Waals surface area contributed by atoms with Crippen LogP contribution in [-0.2, 0) is 14.9 Å². The van der Waals surface area contributed by atoms with Gasteiger partial charge in [-0.3, -0.25) is 9.35 Å². The van der Waals surface area contributed by atoms with E-state index in [0.29, 0.717) is 26.1 Å². The quantitative estimate of drug-likeness (QED) is 0.575. The summed E-state index contributed by atoms with van der Waals surface area (Å²) in [6.07, 6.45) is 0.384. The Labute approximate surface area is 90.4 Å². The molecule has 0 aliphatic heterocycles. The molecule has 0 saturated heterocycles. The summed E-state index contributed by atoms with van der Waals surface area (Å²) >= 11 is 0. The lowest BCUT2D eigenvalue weighted by molar-refractivity contribution is -0.119. The fourth-order valence-electron chi connectivity index (χ4n) is 1.05. The van der Waals surface area contributed by atoms with Gasteiger partial charge in [0.2, 0.25) is 5.91 Å². The molecule has 0 radical (unpaired) electrons. The Balaban J connectivity index is 3.49. The SMILES string of the molecule is CC(=O)NCCN(C)CCCS(=O)(=O)O. The van der Waals surface area contributed by atoms with Gasteiger partial charge in [0, 0.05) is 20.0 Å². The standard InChI is InChI=1S/C8H18N2O4S/c1-8(11)9-4-6-10(2)5-3-7-15(12,13)14/h3-7H2,1-2H3,(H,9,11)(H,12,13,14). The predicted octanol–water partition coefficient (Wildman–Crippen LogP) is -0.668. The molecule has 0 aromatic carbocycles. The highest BCUT2D eigenvalue weighted by Gasteiger charge is 2.05. The van der Waals surface area contributed by atoms with Crippen LogP contribution in [0.3, 0.4) is 0 Å². The Morgan fingerprint density at radius 2 is 2.00 bits per heavy atom. The summed E-state index contributed by atoms with van der Waals surface area (Å²) in [5.74, 6) is -0.307. The Hall–Kier alpha value is -0.660. The van der Waals surface area contributed by atoms with Gasteiger partial charge >= 0.3 is 0 Å². The zero-order valence-electron chi connectivity index (χ0n) is 9.06. The molecule has 0 bridgehead atoms. The molecule has 1 amide bonds. The van der Waals surface area contributed by atoms with Crippen molar-refractivity contribution in [2.45, 2.75) is 13.3 Å². The largest absolute Gasteiger partial charge is 0.355 e. The molecule has 7 heteroatoms. The molecule has 6 nitrogen and oxygen atoms in total. The van der Waals surface area contributed by atoms with Gasteiger partial charge in [0.05, 0.1) is 5.75 Å². The van der Waals surface area contributed by atoms with E-state index in [1.54, 1.807) is 0 Å². The van der Waals surface area contributed by atoms with Crippen molar-refractivity contribution in [2.75, 3.05) is 32.4 Å². The molecule has 0 aliphatic carbocycles. The van der Waals surface area contributed by atoms with Gasteiger partial charge in [-0.1, -0.05) is 0 Å². The van der Waals surface area contributed by atoms with E-state index in [9.17, 15) is 13.2 Å². The van der Waals surface area contributed by atoms with E-state index in [-0.39, 0.29) is 11.7 Å². The lowest BCUT2D eigenvalue weighted by Gasteiger charge is -2.15. The number of amides is 1. The van der Waals surface area contributed by atoms with Gasteiger partial charge in [-0.15, -0.1) is 0 Å². The van der Waals surface area contributed by atoms with Gasteiger partial charge < -0.3 is 10.2 Å². The molecular weight excluding hydrogens is 220 g/mol. The van der Waals surface area contributed by atoms with Crippen molar-refractivity contribution >= 4 is 16.0 Å². The van der Waals surface area contributed by atoms with Gasteiger partial charge in [-0.05, 0) is 20.0 Å². The lowest BCUT2D eigenvalue weighted by atomic mass is 10.4. The van der Waals surface area contributed by atoms with Crippen LogP contribution in [-0.4, -0.2) is 56.2 Å². The van der Waals surface area contributed by atoms with Crippen LogP contribution in [0.15, 0.2) is 0 Å². The van der Waals surface area contributed by atoms with Crippen molar-refractivity contribution in [1.82, 2.24) is 10.2 Å². The topological polar surface area (TPSA) is 86.7 Å². The third kappa shape index (κ3) is 11.3. The second kappa shape index (κ2) is 6.76. The summed E-state index contributed by atoms with van der Waals surface area (Å²) in [5, 5.41) is 2.63. The molecule has 0 saturated carbocycles. The Bertz CT molecular complexity index is 289. The fraction of sp³-hybridized carbons (Fsp3) is 0.875. The van der Waals surface area contributed by atoms with E-state index in [2.05, 4.69) is 5.32 Å². The van der Waals surface area contributed by atoms with Gasteiger partial charge in [0.1, 0.15) is 0 Å². The molecule has 0 fully saturated rings. The molecule has 0 heterocycles. The van der Waals surface area contributed by atoms with Crippen LogP contribution in [0.2, 0.25) is 0 Å². The maximum Gasteiger partial charge on any atom is 0.264 e. The molecule has 0 rings (SSSR count). The summed E-state index contributed by atoms with van der Waals surface area (Å²) in [6, 6.07) is 0. The summed E-state index contributed by atoms with van der Waals surface area (Å²) in [7, 11) is -2.02. The van der Waals surface area contributed by atoms with Crippen molar-refractivity contribution in [3.8, 4) is 0 Å². The number of hydrogen-bond acceptors (Lipinski definition) is 4. The molecule has 0 atom stereocenters. The van der Waals surface area contributed by atoms with Crippen molar-refractivity contribution in [2.24, 2.45) is 0 Å². The van der Waals surface area contributed by atoms with E-state index in [0.717, 1.165) is 0 Å². The Morgan fingerprint density at radius 3 is 2.47 bits per heavy atom. The van der Waals surface area contributed by atoms with Crippen molar-refractivity contribution in [3.05, 3.63) is 0 Å². The van der Waals surface area contributed by atoms with Gasteiger partial charge in [0.25, 0.3) is 10.1 Å². The van der Waals surface area contributed by atoms with E-state index in [1.807, 2.05) is 11.9 Å². The number of nitrogens with zero attached hydrogens (tertiary/aromatic N) is 1. The molecule has 0 aliphatic rings. The van der Waals surface area contributed by atoms with Crippen molar-refractivity contribution in [1.29, 1.82) is 0 Å². The number of nitrogens with one attached hydrogen (secondary N) is 1. The van der Waals surface area contributed by atoms with Crippen LogP contribution < -0.4 is 5.32 Å². The third-order valence-electron chi connectivity index (χ3n) is 1.81. The highest BCUT2D eigenvalue weighted by atomic mass is 32.2. The number of hydrogen-bond donors (Lipinski definition) is 2. The summed E-state index contributed by atoms with van der Waals surface area (Å²) < 4.78 is 29.3. The first kappa shape index (κ1) is 14.3. The number of likely N-dealkylation sites (N-methyl/N-ethyl adjacent to an activating group) is 1. The van der Waals surface area contributed by atoms with Crippen LogP contribution >= 0.6 is 0 Å². The van der Waals surface area contributed by atoms with Crippen molar-refractivity contribution < 1.29 is 17.8 Å². The minimum Gasteiger partial charge on any atom is -0.355 e. The molecule has 0 spiro atoms. The number of carbonyl (C=O) groups excluding carboxylic acids is 1. The first-order valence-electron chi connectivity index (χ1n) is 4.69. The molecule has 0 aromatic heterocycles. The second-order valence-electron chi connectivity index (χ2n) is 3.43. The summed E-state index contributed by atoms with van der Waals surface area (Å²) in [6.45, 7) is 3.21. The van der Waals surface area contributed by atoms with Crippen molar-refractivity contribution in [3.63, 3.8) is 0 Å². The van der Waals surface area contributed by atoms with E-state index >= 15 is 0 Å². The first-order valence-corrected chi connectivity index (χ1v) is 6.30. The molecule has 90 valence electrons. The minimum atomic E-state index is -3.85. The molecule has 2 N–H and O–H groups in total. The Morgan fingerprint density at radius 1 is 1.40 bits per heavy atom. The van der Waals surface area contributed by atoms with E-state index < -0.39 is 10.1 Å². The average Bonchev–Trinajstić information content (AvgIpc) is 2.00. The number of rotatable bonds is 7. The summed E-state index contributed by atoms with van der Waals surface area (Å²) in [4.78, 5) is 12.4. The second-order valence-corrected chi connectivity index (χ2v) is 5.00. The lowest BCUT2D eigenvalue weighted by Crippen LogP contribution is -2.32. The third-order valence-corrected chi connectivity index (χ3v) is 2.61. The highest BCUT2D eigenvalue weighted by molar-refractivity contribution is 7.85. The molecule has 0 unspecified atom stereocenters. The molecular formula is C8H18N2O4S. The normalized spacial score (nSPS) is 11.7. The van der Waals surface area contributed by atoms with Gasteiger partial charge in [-0.2, -0.15) is 8.42 Å². The number of carbonyl (C=O) groups is 1. The highest BCUT2D eigenvalue weighted by Crippen LogP contribution is 1.91. The van der Waals surface area contributed by atoms with E-state index in [4.69, 9.17) is 4.55 Å². The Kier molecular flexibility index (Phi) is 6.46. The maximum absolute atomic E-state index is 10.5. The van der Waals surface area contributed by atoms with E-state index in [1.165, 1.54) is 6.92 Å². The summed E-state index contributed by atoms with van der Waals surface area (Å²) in [5.41, 5.74) is 0. The minimum absolute atomic E-state index is 0.0821. The smallest absolute Gasteiger partial charge is 0.264 e. The maximum atomic E-state index is 10.5.